The van der Waals surface area contributed by atoms with Crippen molar-refractivity contribution in [1.82, 2.24) is 9.78 Å². The predicted molar refractivity (Wildman–Crippen MR) is 77.2 cm³/mol. The molecule has 0 unspecified atom stereocenters. The number of hydrogen-bond donors (Lipinski definition) is 1. The Balaban J connectivity index is 1.69. The number of anilines is 1. The summed E-state index contributed by atoms with van der Waals surface area (Å²) in [7, 11) is 0. The second-order valence-corrected chi connectivity index (χ2v) is 4.63. The SMILES string of the molecule is CCCn1cc(OCCCc2ccc(N)cc2)cn1. The minimum atomic E-state index is 0.711. The Morgan fingerprint density at radius 3 is 2.79 bits per heavy atom. The fourth-order valence-corrected chi connectivity index (χ4v) is 1.92. The predicted octanol–water partition coefficient (Wildman–Crippen LogP) is 2.89. The molecule has 4 heteroatoms. The zero-order valence-electron chi connectivity index (χ0n) is 11.4. The molecule has 0 aliphatic heterocycles. The first kappa shape index (κ1) is 13.5. The molecule has 0 atom stereocenters. The highest BCUT2D eigenvalue weighted by Gasteiger charge is 1.99. The molecule has 2 aromatic rings. The molecule has 0 aliphatic rings. The zero-order valence-corrected chi connectivity index (χ0v) is 11.4. The average molecular weight is 259 g/mol. The fraction of sp³-hybridized carbons (Fsp3) is 0.400. The Morgan fingerprint density at radius 1 is 1.26 bits per heavy atom. The van der Waals surface area contributed by atoms with Crippen LogP contribution in [0.4, 0.5) is 5.69 Å². The van der Waals surface area contributed by atoms with E-state index in [0.717, 1.165) is 37.2 Å². The Morgan fingerprint density at radius 2 is 2.05 bits per heavy atom. The van der Waals surface area contributed by atoms with Gasteiger partial charge in [-0.15, -0.1) is 0 Å². The quantitative estimate of drug-likeness (QED) is 0.614. The number of nitrogen functional groups attached to an aromatic ring is 1. The van der Waals surface area contributed by atoms with Gasteiger partial charge in [0.2, 0.25) is 0 Å². The molecule has 0 amide bonds. The van der Waals surface area contributed by atoms with Crippen LogP contribution in [-0.4, -0.2) is 16.4 Å². The molecule has 0 saturated heterocycles. The van der Waals surface area contributed by atoms with E-state index in [9.17, 15) is 0 Å². The van der Waals surface area contributed by atoms with Gasteiger partial charge in [0.25, 0.3) is 0 Å². The van der Waals surface area contributed by atoms with Crippen LogP contribution in [0, 0.1) is 0 Å². The number of nitrogens with zero attached hydrogens (tertiary/aromatic N) is 2. The molecule has 1 aromatic heterocycles. The van der Waals surface area contributed by atoms with Gasteiger partial charge in [-0.3, -0.25) is 4.68 Å². The largest absolute Gasteiger partial charge is 0.490 e. The first-order valence-corrected chi connectivity index (χ1v) is 6.77. The molecule has 2 N–H and O–H groups in total. The zero-order chi connectivity index (χ0) is 13.5. The van der Waals surface area contributed by atoms with Crippen molar-refractivity contribution in [2.45, 2.75) is 32.7 Å². The van der Waals surface area contributed by atoms with Crippen LogP contribution in [0.2, 0.25) is 0 Å². The van der Waals surface area contributed by atoms with Crippen LogP contribution >= 0.6 is 0 Å². The van der Waals surface area contributed by atoms with Gasteiger partial charge in [0.05, 0.1) is 19.0 Å². The van der Waals surface area contributed by atoms with E-state index in [0.29, 0.717) is 6.61 Å². The molecule has 4 nitrogen and oxygen atoms in total. The lowest BCUT2D eigenvalue weighted by atomic mass is 10.1. The molecule has 2 rings (SSSR count). The fourth-order valence-electron chi connectivity index (χ4n) is 1.92. The van der Waals surface area contributed by atoms with Crippen LogP contribution in [0.1, 0.15) is 25.3 Å². The maximum absolute atomic E-state index is 5.67. The summed E-state index contributed by atoms with van der Waals surface area (Å²) in [6.45, 7) is 3.78. The maximum Gasteiger partial charge on any atom is 0.157 e. The standard InChI is InChI=1S/C15H21N3O/c1-2-9-18-12-15(11-17-18)19-10-3-4-13-5-7-14(16)8-6-13/h5-8,11-12H,2-4,9-10,16H2,1H3. The van der Waals surface area contributed by atoms with Crippen LogP contribution in [0.3, 0.4) is 0 Å². The van der Waals surface area contributed by atoms with Gasteiger partial charge >= 0.3 is 0 Å². The summed E-state index contributed by atoms with van der Waals surface area (Å²) in [6.07, 6.45) is 6.80. The van der Waals surface area contributed by atoms with E-state index in [1.807, 2.05) is 23.0 Å². The molecule has 0 fully saturated rings. The first-order chi connectivity index (χ1) is 9.28. The van der Waals surface area contributed by atoms with Gasteiger partial charge in [0.1, 0.15) is 0 Å². The number of rotatable bonds is 7. The Hall–Kier alpha value is -1.97. The number of ether oxygens (including phenoxy) is 1. The highest BCUT2D eigenvalue weighted by Crippen LogP contribution is 2.11. The van der Waals surface area contributed by atoms with E-state index in [1.54, 1.807) is 6.20 Å². The second-order valence-electron chi connectivity index (χ2n) is 4.63. The minimum absolute atomic E-state index is 0.711. The molecule has 102 valence electrons. The summed E-state index contributed by atoms with van der Waals surface area (Å²) in [5.41, 5.74) is 7.75. The van der Waals surface area contributed by atoms with E-state index < -0.39 is 0 Å². The highest BCUT2D eigenvalue weighted by atomic mass is 16.5. The van der Waals surface area contributed by atoms with Crippen LogP contribution in [-0.2, 0) is 13.0 Å². The summed E-state index contributed by atoms with van der Waals surface area (Å²) >= 11 is 0. The number of nitrogens with two attached hydrogens (primary N) is 1. The van der Waals surface area contributed by atoms with Crippen molar-refractivity contribution in [2.75, 3.05) is 12.3 Å². The third kappa shape index (κ3) is 4.32. The van der Waals surface area contributed by atoms with Crippen molar-refractivity contribution in [2.24, 2.45) is 0 Å². The highest BCUT2D eigenvalue weighted by molar-refractivity contribution is 5.39. The molecule has 0 aliphatic carbocycles. The Labute approximate surface area is 114 Å². The van der Waals surface area contributed by atoms with E-state index in [-0.39, 0.29) is 0 Å². The van der Waals surface area contributed by atoms with Gasteiger partial charge in [-0.2, -0.15) is 5.10 Å². The maximum atomic E-state index is 5.67. The van der Waals surface area contributed by atoms with Gasteiger partial charge in [-0.05, 0) is 37.0 Å². The smallest absolute Gasteiger partial charge is 0.157 e. The van der Waals surface area contributed by atoms with Crippen LogP contribution in [0.5, 0.6) is 5.75 Å². The molecular weight excluding hydrogens is 238 g/mol. The summed E-state index contributed by atoms with van der Waals surface area (Å²) in [6, 6.07) is 8.00. The molecule has 0 radical (unpaired) electrons. The molecule has 1 aromatic carbocycles. The van der Waals surface area contributed by atoms with Gasteiger partial charge in [-0.25, -0.2) is 0 Å². The first-order valence-electron chi connectivity index (χ1n) is 6.77. The summed E-state index contributed by atoms with van der Waals surface area (Å²) in [4.78, 5) is 0. The summed E-state index contributed by atoms with van der Waals surface area (Å²) < 4.78 is 7.58. The van der Waals surface area contributed by atoms with E-state index in [2.05, 4.69) is 24.2 Å². The van der Waals surface area contributed by atoms with Crippen molar-refractivity contribution in [3.8, 4) is 5.75 Å². The topological polar surface area (TPSA) is 53.1 Å². The normalized spacial score (nSPS) is 10.6. The number of hydrogen-bond acceptors (Lipinski definition) is 3. The summed E-state index contributed by atoms with van der Waals surface area (Å²) in [5.74, 6) is 0.853. The van der Waals surface area contributed by atoms with Crippen LogP contribution in [0.15, 0.2) is 36.7 Å². The van der Waals surface area contributed by atoms with Crippen molar-refractivity contribution in [3.63, 3.8) is 0 Å². The van der Waals surface area contributed by atoms with Crippen molar-refractivity contribution >= 4 is 5.69 Å². The monoisotopic (exact) mass is 259 g/mol. The third-order valence-corrected chi connectivity index (χ3v) is 2.92. The van der Waals surface area contributed by atoms with Gasteiger partial charge in [-0.1, -0.05) is 19.1 Å². The summed E-state index contributed by atoms with van der Waals surface area (Å²) in [5, 5.41) is 4.23. The lowest BCUT2D eigenvalue weighted by Crippen LogP contribution is -1.99. The molecule has 0 saturated carbocycles. The van der Waals surface area contributed by atoms with E-state index >= 15 is 0 Å². The van der Waals surface area contributed by atoms with Crippen LogP contribution < -0.4 is 10.5 Å². The van der Waals surface area contributed by atoms with Crippen molar-refractivity contribution < 1.29 is 4.74 Å². The lowest BCUT2D eigenvalue weighted by Gasteiger charge is -2.04. The van der Waals surface area contributed by atoms with E-state index in [4.69, 9.17) is 10.5 Å². The number of aromatic nitrogens is 2. The molecule has 1 heterocycles. The molecule has 0 bridgehead atoms. The van der Waals surface area contributed by atoms with Crippen molar-refractivity contribution in [1.29, 1.82) is 0 Å². The number of benzene rings is 1. The average Bonchev–Trinajstić information content (AvgIpc) is 2.85. The third-order valence-electron chi connectivity index (χ3n) is 2.92. The molecular formula is C15H21N3O. The molecule has 0 spiro atoms. The van der Waals surface area contributed by atoms with Gasteiger partial charge in [0, 0.05) is 12.2 Å². The Bertz CT molecular complexity index is 490. The minimum Gasteiger partial charge on any atom is -0.490 e. The lowest BCUT2D eigenvalue weighted by molar-refractivity contribution is 0.310. The Kier molecular flexibility index (Phi) is 4.84. The van der Waals surface area contributed by atoms with E-state index in [1.165, 1.54) is 5.56 Å². The van der Waals surface area contributed by atoms with Gasteiger partial charge in [0.15, 0.2) is 5.75 Å². The molecule has 19 heavy (non-hydrogen) atoms. The van der Waals surface area contributed by atoms with Crippen LogP contribution in [0.25, 0.3) is 0 Å². The van der Waals surface area contributed by atoms with Crippen molar-refractivity contribution in [3.05, 3.63) is 42.2 Å². The number of aryl methyl sites for hydroxylation is 2. The second kappa shape index (κ2) is 6.83. The van der Waals surface area contributed by atoms with Gasteiger partial charge < -0.3 is 10.5 Å².